The molecule has 1 saturated heterocycles. The molecule has 10 nitrogen and oxygen atoms in total. The summed E-state index contributed by atoms with van der Waals surface area (Å²) in [5.41, 5.74) is 2.42. The van der Waals surface area contributed by atoms with E-state index in [9.17, 15) is 4.79 Å². The SMILES string of the molecule is COc1cc(NC(=O)C2CCN(c3ncnc4c3nc3n4CCCCC3)CC2)cc(OC)c1OC. The first-order valence-corrected chi connectivity index (χ1v) is 12.2. The lowest BCUT2D eigenvalue weighted by Gasteiger charge is -2.32. The number of imidazole rings is 1. The van der Waals surface area contributed by atoms with Crippen LogP contribution in [0.4, 0.5) is 11.5 Å². The van der Waals surface area contributed by atoms with Crippen LogP contribution in [0.5, 0.6) is 17.2 Å². The van der Waals surface area contributed by atoms with Crippen LogP contribution in [0.25, 0.3) is 11.2 Å². The first-order chi connectivity index (χ1) is 17.1. The summed E-state index contributed by atoms with van der Waals surface area (Å²) in [6, 6.07) is 3.49. The van der Waals surface area contributed by atoms with Gasteiger partial charge in [-0.3, -0.25) is 4.79 Å². The number of rotatable bonds is 6. The molecule has 35 heavy (non-hydrogen) atoms. The molecular weight excluding hydrogens is 448 g/mol. The van der Waals surface area contributed by atoms with E-state index in [0.29, 0.717) is 22.9 Å². The summed E-state index contributed by atoms with van der Waals surface area (Å²) in [5.74, 6) is 3.38. The molecule has 186 valence electrons. The van der Waals surface area contributed by atoms with E-state index >= 15 is 0 Å². The van der Waals surface area contributed by atoms with E-state index in [-0.39, 0.29) is 11.8 Å². The predicted octanol–water partition coefficient (Wildman–Crippen LogP) is 3.43. The third-order valence-corrected chi connectivity index (χ3v) is 6.97. The van der Waals surface area contributed by atoms with Gasteiger partial charge in [-0.05, 0) is 25.7 Å². The number of hydrogen-bond acceptors (Lipinski definition) is 8. The molecule has 0 spiro atoms. The minimum Gasteiger partial charge on any atom is -0.493 e. The minimum absolute atomic E-state index is 0.0135. The van der Waals surface area contributed by atoms with Gasteiger partial charge in [-0.2, -0.15) is 0 Å². The van der Waals surface area contributed by atoms with E-state index in [1.807, 2.05) is 0 Å². The number of fused-ring (bicyclic) bond motifs is 3. The molecule has 0 atom stereocenters. The standard InChI is InChI=1S/C25H32N6O4/c1-33-18-13-17(14-19(34-2)22(18)35-3)28-25(32)16-8-11-30(12-9-16)23-21-24(27-15-26-23)31-10-6-4-5-7-20(31)29-21/h13-16H,4-12H2,1-3H3,(H,28,32). The summed E-state index contributed by atoms with van der Waals surface area (Å²) < 4.78 is 18.4. The Kier molecular flexibility index (Phi) is 6.61. The number of anilines is 2. The molecule has 0 aliphatic carbocycles. The maximum atomic E-state index is 13.1. The molecule has 10 heteroatoms. The van der Waals surface area contributed by atoms with Crippen LogP contribution < -0.4 is 24.4 Å². The van der Waals surface area contributed by atoms with Gasteiger partial charge in [0, 0.05) is 49.8 Å². The number of amides is 1. The molecule has 3 aromatic rings. The van der Waals surface area contributed by atoms with Crippen LogP contribution in [0, 0.1) is 5.92 Å². The fourth-order valence-corrected chi connectivity index (χ4v) is 5.11. The van der Waals surface area contributed by atoms with Gasteiger partial charge in [-0.15, -0.1) is 0 Å². The highest BCUT2D eigenvalue weighted by atomic mass is 16.5. The van der Waals surface area contributed by atoms with Crippen molar-refractivity contribution in [1.82, 2.24) is 19.5 Å². The molecule has 0 bridgehead atoms. The quantitative estimate of drug-likeness (QED) is 0.572. The molecule has 2 aromatic heterocycles. The van der Waals surface area contributed by atoms with Crippen LogP contribution in [-0.4, -0.2) is 59.8 Å². The Morgan fingerprint density at radius 1 is 0.971 bits per heavy atom. The Morgan fingerprint density at radius 3 is 2.40 bits per heavy atom. The van der Waals surface area contributed by atoms with Gasteiger partial charge in [0.05, 0.1) is 21.3 Å². The lowest BCUT2D eigenvalue weighted by atomic mass is 9.95. The number of piperidine rings is 1. The van der Waals surface area contributed by atoms with Crippen molar-refractivity contribution in [3.05, 3.63) is 24.3 Å². The van der Waals surface area contributed by atoms with E-state index in [2.05, 4.69) is 24.8 Å². The van der Waals surface area contributed by atoms with Crippen LogP contribution in [0.3, 0.4) is 0 Å². The number of aromatic nitrogens is 4. The van der Waals surface area contributed by atoms with Crippen molar-refractivity contribution in [3.63, 3.8) is 0 Å². The average Bonchev–Trinajstić information content (AvgIpc) is 3.08. The van der Waals surface area contributed by atoms with E-state index < -0.39 is 0 Å². The first-order valence-electron chi connectivity index (χ1n) is 12.2. The molecule has 1 N–H and O–H groups in total. The Balaban J connectivity index is 1.28. The fraction of sp³-hybridized carbons (Fsp3) is 0.520. The number of methoxy groups -OCH3 is 3. The van der Waals surface area contributed by atoms with Crippen LogP contribution in [-0.2, 0) is 17.8 Å². The topological polar surface area (TPSA) is 104 Å². The number of nitrogens with zero attached hydrogens (tertiary/aromatic N) is 5. The molecule has 2 aliphatic heterocycles. The normalized spacial score (nSPS) is 16.5. The summed E-state index contributed by atoms with van der Waals surface area (Å²) >= 11 is 0. The molecular formula is C25H32N6O4. The predicted molar refractivity (Wildman–Crippen MR) is 133 cm³/mol. The molecule has 1 fully saturated rings. The number of carbonyl (C=O) groups excluding carboxylic acids is 1. The van der Waals surface area contributed by atoms with Gasteiger partial charge in [-0.25, -0.2) is 15.0 Å². The lowest BCUT2D eigenvalue weighted by molar-refractivity contribution is -0.120. The molecule has 0 unspecified atom stereocenters. The largest absolute Gasteiger partial charge is 0.493 e. The fourth-order valence-electron chi connectivity index (χ4n) is 5.11. The Hall–Kier alpha value is -3.56. The number of ether oxygens (including phenoxy) is 3. The van der Waals surface area contributed by atoms with Crippen molar-refractivity contribution in [2.24, 2.45) is 5.92 Å². The summed E-state index contributed by atoms with van der Waals surface area (Å²) in [5, 5.41) is 3.02. The van der Waals surface area contributed by atoms with Crippen LogP contribution in [0.15, 0.2) is 18.5 Å². The zero-order valence-electron chi connectivity index (χ0n) is 20.5. The maximum absolute atomic E-state index is 13.1. The molecule has 0 radical (unpaired) electrons. The highest BCUT2D eigenvalue weighted by Crippen LogP contribution is 2.40. The first kappa shape index (κ1) is 23.2. The Labute approximate surface area is 204 Å². The van der Waals surface area contributed by atoms with E-state index in [0.717, 1.165) is 68.1 Å². The van der Waals surface area contributed by atoms with Crippen molar-refractivity contribution in [1.29, 1.82) is 0 Å². The average molecular weight is 481 g/mol. The monoisotopic (exact) mass is 480 g/mol. The third-order valence-electron chi connectivity index (χ3n) is 6.97. The van der Waals surface area contributed by atoms with Crippen molar-refractivity contribution in [3.8, 4) is 17.2 Å². The van der Waals surface area contributed by atoms with Gasteiger partial charge < -0.3 is 29.0 Å². The third kappa shape index (κ3) is 4.44. The van der Waals surface area contributed by atoms with Crippen molar-refractivity contribution in [2.45, 2.75) is 45.1 Å². The highest BCUT2D eigenvalue weighted by molar-refractivity contribution is 5.93. The van der Waals surface area contributed by atoms with Gasteiger partial charge in [0.25, 0.3) is 0 Å². The number of nitrogens with one attached hydrogen (secondary N) is 1. The van der Waals surface area contributed by atoms with Crippen LogP contribution in [0.1, 0.15) is 37.9 Å². The molecule has 5 rings (SSSR count). The molecule has 2 aliphatic rings. The van der Waals surface area contributed by atoms with Gasteiger partial charge in [-0.1, -0.05) is 6.42 Å². The molecule has 0 saturated carbocycles. The maximum Gasteiger partial charge on any atom is 0.227 e. The van der Waals surface area contributed by atoms with Gasteiger partial charge in [0.15, 0.2) is 28.5 Å². The lowest BCUT2D eigenvalue weighted by Crippen LogP contribution is -2.38. The zero-order valence-corrected chi connectivity index (χ0v) is 20.5. The van der Waals surface area contributed by atoms with E-state index in [4.69, 9.17) is 19.2 Å². The van der Waals surface area contributed by atoms with Crippen molar-refractivity contribution < 1.29 is 19.0 Å². The van der Waals surface area contributed by atoms with Gasteiger partial charge >= 0.3 is 0 Å². The van der Waals surface area contributed by atoms with E-state index in [1.54, 1.807) is 39.8 Å². The molecule has 4 heterocycles. The van der Waals surface area contributed by atoms with E-state index in [1.165, 1.54) is 12.8 Å². The van der Waals surface area contributed by atoms with Gasteiger partial charge in [0.2, 0.25) is 11.7 Å². The summed E-state index contributed by atoms with van der Waals surface area (Å²) in [7, 11) is 4.67. The smallest absolute Gasteiger partial charge is 0.227 e. The number of aryl methyl sites for hydroxylation is 2. The summed E-state index contributed by atoms with van der Waals surface area (Å²) in [4.78, 5) is 29.4. The molecule has 1 aromatic carbocycles. The zero-order chi connectivity index (χ0) is 24.4. The van der Waals surface area contributed by atoms with Crippen LogP contribution in [0.2, 0.25) is 0 Å². The summed E-state index contributed by atoms with van der Waals surface area (Å²) in [6.45, 7) is 2.44. The van der Waals surface area contributed by atoms with Crippen LogP contribution >= 0.6 is 0 Å². The Morgan fingerprint density at radius 2 is 1.71 bits per heavy atom. The van der Waals surface area contributed by atoms with Crippen molar-refractivity contribution >= 4 is 28.6 Å². The van der Waals surface area contributed by atoms with Gasteiger partial charge in [0.1, 0.15) is 12.2 Å². The number of hydrogen-bond donors (Lipinski definition) is 1. The minimum atomic E-state index is -0.0959. The highest BCUT2D eigenvalue weighted by Gasteiger charge is 2.28. The second-order valence-corrected chi connectivity index (χ2v) is 9.02. The Bertz CT molecular complexity index is 1190. The van der Waals surface area contributed by atoms with Crippen molar-refractivity contribution in [2.75, 3.05) is 44.6 Å². The number of benzene rings is 1. The number of carbonyl (C=O) groups is 1. The second-order valence-electron chi connectivity index (χ2n) is 9.02. The second kappa shape index (κ2) is 9.97. The summed E-state index contributed by atoms with van der Waals surface area (Å²) in [6.07, 6.45) is 7.64. The molecule has 1 amide bonds.